The molecular weight excluding hydrogens is 226 g/mol. The normalized spacial score (nSPS) is 19.6. The molecule has 1 fully saturated rings. The lowest BCUT2D eigenvalue weighted by Crippen LogP contribution is -2.42. The van der Waals surface area contributed by atoms with E-state index in [1.54, 1.807) is 0 Å². The highest BCUT2D eigenvalue weighted by Crippen LogP contribution is 2.28. The van der Waals surface area contributed by atoms with Crippen molar-refractivity contribution in [1.29, 1.82) is 5.26 Å². The first-order chi connectivity index (χ1) is 8.80. The predicted molar refractivity (Wildman–Crippen MR) is 71.1 cm³/mol. The summed E-state index contributed by atoms with van der Waals surface area (Å²) in [6.07, 6.45) is 3.24. The molecule has 4 heteroatoms. The number of aliphatic hydroxyl groups excluding tert-OH is 1. The maximum absolute atomic E-state index is 9.44. The summed E-state index contributed by atoms with van der Waals surface area (Å²) in [6.45, 7) is 1.49. The molecule has 96 valence electrons. The molecule has 1 aromatic carbocycles. The quantitative estimate of drug-likeness (QED) is 0.843. The molecule has 1 aliphatic heterocycles. The van der Waals surface area contributed by atoms with Gasteiger partial charge in [-0.05, 0) is 37.0 Å². The molecule has 1 saturated heterocycles. The third kappa shape index (κ3) is 2.47. The lowest BCUT2D eigenvalue weighted by molar-refractivity contribution is 0.240. The Hall–Kier alpha value is -1.57. The van der Waals surface area contributed by atoms with Gasteiger partial charge >= 0.3 is 0 Å². The molecule has 1 heterocycles. The van der Waals surface area contributed by atoms with Crippen molar-refractivity contribution >= 4 is 5.69 Å². The minimum atomic E-state index is 0.134. The van der Waals surface area contributed by atoms with Gasteiger partial charge in [-0.15, -0.1) is 0 Å². The standard InChI is InChI=1S/C14H19N3O/c15-8-11-4-5-14(12(7-11)9-16)17-6-2-1-3-13(17)10-18/h4-5,7,13,18H,1-3,6,8,10,15H2. The topological polar surface area (TPSA) is 73.3 Å². The zero-order valence-electron chi connectivity index (χ0n) is 10.5. The van der Waals surface area contributed by atoms with Gasteiger partial charge in [0.2, 0.25) is 0 Å². The molecule has 2 rings (SSSR count). The molecule has 0 amide bonds. The second-order valence-electron chi connectivity index (χ2n) is 4.69. The summed E-state index contributed by atoms with van der Waals surface area (Å²) < 4.78 is 0. The summed E-state index contributed by atoms with van der Waals surface area (Å²) in [4.78, 5) is 2.16. The van der Waals surface area contributed by atoms with Crippen LogP contribution in [0.1, 0.15) is 30.4 Å². The van der Waals surface area contributed by atoms with Crippen LogP contribution < -0.4 is 10.6 Å². The molecule has 1 unspecified atom stereocenters. The van der Waals surface area contributed by atoms with Gasteiger partial charge in [-0.3, -0.25) is 0 Å². The molecule has 18 heavy (non-hydrogen) atoms. The van der Waals surface area contributed by atoms with Crippen LogP contribution in [-0.2, 0) is 6.54 Å². The van der Waals surface area contributed by atoms with Crippen molar-refractivity contribution in [2.45, 2.75) is 31.8 Å². The van der Waals surface area contributed by atoms with Crippen LogP contribution in [0.4, 0.5) is 5.69 Å². The zero-order chi connectivity index (χ0) is 13.0. The summed E-state index contributed by atoms with van der Waals surface area (Å²) in [5.41, 5.74) is 8.13. The smallest absolute Gasteiger partial charge is 0.101 e. The molecule has 0 saturated carbocycles. The van der Waals surface area contributed by atoms with E-state index in [1.807, 2.05) is 18.2 Å². The van der Waals surface area contributed by atoms with E-state index in [2.05, 4.69) is 11.0 Å². The minimum Gasteiger partial charge on any atom is -0.394 e. The predicted octanol–water partition coefficient (Wildman–Crippen LogP) is 1.37. The summed E-state index contributed by atoms with van der Waals surface area (Å²) in [5.74, 6) is 0. The highest BCUT2D eigenvalue weighted by atomic mass is 16.3. The van der Waals surface area contributed by atoms with E-state index in [4.69, 9.17) is 5.73 Å². The maximum atomic E-state index is 9.44. The average Bonchev–Trinajstić information content (AvgIpc) is 2.46. The molecule has 0 aliphatic carbocycles. The van der Waals surface area contributed by atoms with Crippen molar-refractivity contribution in [1.82, 2.24) is 0 Å². The van der Waals surface area contributed by atoms with Crippen LogP contribution in [0.15, 0.2) is 18.2 Å². The Morgan fingerprint density at radius 1 is 1.44 bits per heavy atom. The van der Waals surface area contributed by atoms with Crippen LogP contribution in [0.5, 0.6) is 0 Å². The second kappa shape index (κ2) is 5.85. The van der Waals surface area contributed by atoms with Gasteiger partial charge in [0.05, 0.1) is 23.9 Å². The Kier molecular flexibility index (Phi) is 4.19. The van der Waals surface area contributed by atoms with E-state index in [9.17, 15) is 10.4 Å². The van der Waals surface area contributed by atoms with Crippen molar-refractivity contribution < 1.29 is 5.11 Å². The maximum Gasteiger partial charge on any atom is 0.101 e. The van der Waals surface area contributed by atoms with E-state index in [0.29, 0.717) is 12.1 Å². The first-order valence-electron chi connectivity index (χ1n) is 6.40. The SMILES string of the molecule is N#Cc1cc(CN)ccc1N1CCCCC1CO. The van der Waals surface area contributed by atoms with Crippen LogP contribution >= 0.6 is 0 Å². The van der Waals surface area contributed by atoms with E-state index >= 15 is 0 Å². The lowest BCUT2D eigenvalue weighted by atomic mass is 9.99. The highest BCUT2D eigenvalue weighted by molar-refractivity contribution is 5.61. The Morgan fingerprint density at radius 2 is 2.28 bits per heavy atom. The molecule has 1 atom stereocenters. The molecule has 1 aromatic rings. The zero-order valence-corrected chi connectivity index (χ0v) is 10.5. The Morgan fingerprint density at radius 3 is 2.94 bits per heavy atom. The number of nitrogens with zero attached hydrogens (tertiary/aromatic N) is 2. The summed E-state index contributed by atoms with van der Waals surface area (Å²) in [7, 11) is 0. The van der Waals surface area contributed by atoms with Crippen LogP contribution in [0.2, 0.25) is 0 Å². The molecule has 0 radical (unpaired) electrons. The number of aliphatic hydroxyl groups is 1. The highest BCUT2D eigenvalue weighted by Gasteiger charge is 2.23. The lowest BCUT2D eigenvalue weighted by Gasteiger charge is -2.37. The molecule has 3 N–H and O–H groups in total. The second-order valence-corrected chi connectivity index (χ2v) is 4.69. The number of nitrogens with two attached hydrogens (primary N) is 1. The number of anilines is 1. The Balaban J connectivity index is 2.34. The van der Waals surface area contributed by atoms with E-state index in [-0.39, 0.29) is 12.6 Å². The van der Waals surface area contributed by atoms with E-state index < -0.39 is 0 Å². The van der Waals surface area contributed by atoms with E-state index in [1.165, 1.54) is 0 Å². The van der Waals surface area contributed by atoms with Gasteiger partial charge in [0.25, 0.3) is 0 Å². The number of hydrogen-bond donors (Lipinski definition) is 2. The summed E-state index contributed by atoms with van der Waals surface area (Å²) in [6, 6.07) is 8.12. The third-order valence-corrected chi connectivity index (χ3v) is 3.56. The van der Waals surface area contributed by atoms with E-state index in [0.717, 1.165) is 37.1 Å². The summed E-state index contributed by atoms with van der Waals surface area (Å²) in [5, 5.41) is 18.7. The van der Waals surface area contributed by atoms with Crippen molar-refractivity contribution in [2.24, 2.45) is 5.73 Å². The molecule has 0 spiro atoms. The first kappa shape index (κ1) is 12.9. The van der Waals surface area contributed by atoms with Gasteiger partial charge in [-0.1, -0.05) is 6.07 Å². The molecule has 0 bridgehead atoms. The van der Waals surface area contributed by atoms with Gasteiger partial charge in [0, 0.05) is 13.1 Å². The van der Waals surface area contributed by atoms with Crippen molar-refractivity contribution in [3.8, 4) is 6.07 Å². The van der Waals surface area contributed by atoms with Crippen molar-refractivity contribution in [3.63, 3.8) is 0 Å². The van der Waals surface area contributed by atoms with Crippen LogP contribution in [0.25, 0.3) is 0 Å². The minimum absolute atomic E-state index is 0.134. The van der Waals surface area contributed by atoms with Gasteiger partial charge in [-0.25, -0.2) is 0 Å². The Labute approximate surface area is 108 Å². The largest absolute Gasteiger partial charge is 0.394 e. The van der Waals surface area contributed by atoms with Gasteiger partial charge in [0.15, 0.2) is 0 Å². The van der Waals surface area contributed by atoms with Crippen LogP contribution in [-0.4, -0.2) is 24.3 Å². The number of nitriles is 1. The fourth-order valence-electron chi connectivity index (χ4n) is 2.56. The number of rotatable bonds is 3. The number of piperidine rings is 1. The first-order valence-corrected chi connectivity index (χ1v) is 6.40. The number of benzene rings is 1. The van der Waals surface area contributed by atoms with Gasteiger partial charge in [0.1, 0.15) is 6.07 Å². The number of hydrogen-bond acceptors (Lipinski definition) is 4. The monoisotopic (exact) mass is 245 g/mol. The third-order valence-electron chi connectivity index (χ3n) is 3.56. The molecule has 4 nitrogen and oxygen atoms in total. The van der Waals surface area contributed by atoms with Crippen LogP contribution in [0, 0.1) is 11.3 Å². The molecular formula is C14H19N3O. The fourth-order valence-corrected chi connectivity index (χ4v) is 2.56. The van der Waals surface area contributed by atoms with Crippen LogP contribution in [0.3, 0.4) is 0 Å². The van der Waals surface area contributed by atoms with Gasteiger partial charge in [-0.2, -0.15) is 5.26 Å². The van der Waals surface area contributed by atoms with Crippen molar-refractivity contribution in [3.05, 3.63) is 29.3 Å². The van der Waals surface area contributed by atoms with Gasteiger partial charge < -0.3 is 15.7 Å². The molecule has 0 aromatic heterocycles. The molecule has 1 aliphatic rings. The Bertz CT molecular complexity index is 453. The fraction of sp³-hybridized carbons (Fsp3) is 0.500. The van der Waals surface area contributed by atoms with Crippen molar-refractivity contribution in [2.75, 3.05) is 18.1 Å². The summed E-state index contributed by atoms with van der Waals surface area (Å²) >= 11 is 0. The average molecular weight is 245 g/mol.